The summed E-state index contributed by atoms with van der Waals surface area (Å²) in [5, 5.41) is 4.13. The predicted octanol–water partition coefficient (Wildman–Crippen LogP) is 1.06. The van der Waals surface area contributed by atoms with Gasteiger partial charge in [0.25, 0.3) is 0 Å². The van der Waals surface area contributed by atoms with Gasteiger partial charge >= 0.3 is 0 Å². The minimum Gasteiger partial charge on any atom is -0.477 e. The number of ether oxygens (including phenoxy) is 1. The molecule has 1 N–H and O–H groups in total. The lowest BCUT2D eigenvalue weighted by Gasteiger charge is -1.92. The molecule has 0 saturated carbocycles. The van der Waals surface area contributed by atoms with Crippen LogP contribution in [0, 0.1) is 0 Å². The summed E-state index contributed by atoms with van der Waals surface area (Å²) >= 11 is 0. The predicted molar refractivity (Wildman–Crippen MR) is 40.7 cm³/mol. The zero-order valence-electron chi connectivity index (χ0n) is 6.24. The summed E-state index contributed by atoms with van der Waals surface area (Å²) in [7, 11) is 0. The Labute approximate surface area is 63.8 Å². The van der Waals surface area contributed by atoms with Gasteiger partial charge in [0.1, 0.15) is 5.65 Å². The third-order valence-corrected chi connectivity index (χ3v) is 1.45. The standard InChI is InChI=1S/C7H9N3O/c1-2-11-7-5-6-8-3-4-10(6)9-7/h3-5,8H,2H2,1H3. The minimum absolute atomic E-state index is 0.653. The molecule has 0 aromatic carbocycles. The molecule has 2 heterocycles. The first-order valence-electron chi connectivity index (χ1n) is 3.55. The number of fused-ring (bicyclic) bond motifs is 1. The fourth-order valence-corrected chi connectivity index (χ4v) is 1.01. The largest absolute Gasteiger partial charge is 0.477 e. The highest BCUT2D eigenvalue weighted by molar-refractivity contribution is 5.41. The molecule has 0 spiro atoms. The third kappa shape index (κ3) is 0.960. The summed E-state index contributed by atoms with van der Waals surface area (Å²) in [6.07, 6.45) is 3.68. The van der Waals surface area contributed by atoms with Gasteiger partial charge in [-0.25, -0.2) is 4.52 Å². The van der Waals surface area contributed by atoms with Crippen LogP contribution in [0.3, 0.4) is 0 Å². The Hall–Kier alpha value is -1.45. The molecule has 0 aliphatic heterocycles. The van der Waals surface area contributed by atoms with E-state index in [1.54, 1.807) is 4.52 Å². The van der Waals surface area contributed by atoms with Crippen LogP contribution in [0.25, 0.3) is 5.65 Å². The molecule has 11 heavy (non-hydrogen) atoms. The summed E-state index contributed by atoms with van der Waals surface area (Å²) in [6.45, 7) is 2.59. The molecule has 2 aromatic rings. The van der Waals surface area contributed by atoms with E-state index in [0.717, 1.165) is 5.65 Å². The lowest BCUT2D eigenvalue weighted by atomic mass is 10.6. The Kier molecular flexibility index (Phi) is 1.31. The molecule has 0 aliphatic rings. The Morgan fingerprint density at radius 1 is 1.73 bits per heavy atom. The van der Waals surface area contributed by atoms with Gasteiger partial charge in [-0.2, -0.15) is 0 Å². The maximum absolute atomic E-state index is 5.20. The van der Waals surface area contributed by atoms with E-state index in [1.165, 1.54) is 0 Å². The van der Waals surface area contributed by atoms with Gasteiger partial charge in [-0.05, 0) is 6.92 Å². The zero-order valence-corrected chi connectivity index (χ0v) is 6.24. The van der Waals surface area contributed by atoms with Gasteiger partial charge in [0.2, 0.25) is 5.88 Å². The summed E-state index contributed by atoms with van der Waals surface area (Å²) in [5.41, 5.74) is 0.952. The Balaban J connectivity index is 2.42. The average Bonchev–Trinajstić information content (AvgIpc) is 2.46. The smallest absolute Gasteiger partial charge is 0.235 e. The summed E-state index contributed by atoms with van der Waals surface area (Å²) in [6, 6.07) is 1.86. The van der Waals surface area contributed by atoms with Crippen LogP contribution in [0.4, 0.5) is 0 Å². The second kappa shape index (κ2) is 2.30. The molecular weight excluding hydrogens is 142 g/mol. The van der Waals surface area contributed by atoms with Crippen LogP contribution >= 0.6 is 0 Å². The SMILES string of the molecule is CCOc1cc2[nH]ccn2n1. The zero-order chi connectivity index (χ0) is 7.68. The topological polar surface area (TPSA) is 42.3 Å². The van der Waals surface area contributed by atoms with E-state index in [9.17, 15) is 0 Å². The van der Waals surface area contributed by atoms with Gasteiger partial charge in [-0.15, -0.1) is 5.10 Å². The van der Waals surface area contributed by atoms with Crippen molar-refractivity contribution in [3.05, 3.63) is 18.5 Å². The normalized spacial score (nSPS) is 10.6. The molecule has 0 atom stereocenters. The lowest BCUT2D eigenvalue weighted by molar-refractivity contribution is 0.325. The first kappa shape index (κ1) is 6.27. The van der Waals surface area contributed by atoms with E-state index in [1.807, 2.05) is 25.4 Å². The Bertz CT molecular complexity index is 321. The van der Waals surface area contributed by atoms with Crippen molar-refractivity contribution >= 4 is 5.65 Å². The number of hydrogen-bond acceptors (Lipinski definition) is 2. The number of aromatic nitrogens is 3. The summed E-state index contributed by atoms with van der Waals surface area (Å²) < 4.78 is 6.94. The fourth-order valence-electron chi connectivity index (χ4n) is 1.01. The van der Waals surface area contributed by atoms with E-state index >= 15 is 0 Å². The average molecular weight is 151 g/mol. The van der Waals surface area contributed by atoms with Crippen LogP contribution in [0.2, 0.25) is 0 Å². The van der Waals surface area contributed by atoms with Crippen LogP contribution < -0.4 is 4.74 Å². The van der Waals surface area contributed by atoms with Crippen LogP contribution in [-0.2, 0) is 0 Å². The number of nitrogens with zero attached hydrogens (tertiary/aromatic N) is 2. The highest BCUT2D eigenvalue weighted by Gasteiger charge is 2.00. The lowest BCUT2D eigenvalue weighted by Crippen LogP contribution is -1.91. The molecule has 0 bridgehead atoms. The molecule has 58 valence electrons. The van der Waals surface area contributed by atoms with Crippen molar-refractivity contribution in [3.63, 3.8) is 0 Å². The number of aromatic amines is 1. The molecule has 0 saturated heterocycles. The van der Waals surface area contributed by atoms with E-state index < -0.39 is 0 Å². The van der Waals surface area contributed by atoms with Crippen molar-refractivity contribution in [1.29, 1.82) is 0 Å². The Morgan fingerprint density at radius 3 is 3.36 bits per heavy atom. The molecule has 2 rings (SSSR count). The van der Waals surface area contributed by atoms with Crippen molar-refractivity contribution in [2.45, 2.75) is 6.92 Å². The van der Waals surface area contributed by atoms with Gasteiger partial charge in [0.15, 0.2) is 0 Å². The third-order valence-electron chi connectivity index (χ3n) is 1.45. The number of imidazole rings is 1. The molecule has 2 aromatic heterocycles. The van der Waals surface area contributed by atoms with E-state index in [2.05, 4.69) is 10.1 Å². The minimum atomic E-state index is 0.653. The quantitative estimate of drug-likeness (QED) is 0.697. The first-order valence-corrected chi connectivity index (χ1v) is 3.55. The van der Waals surface area contributed by atoms with Gasteiger partial charge in [-0.1, -0.05) is 0 Å². The van der Waals surface area contributed by atoms with Crippen molar-refractivity contribution < 1.29 is 4.74 Å². The molecule has 0 aliphatic carbocycles. The second-order valence-corrected chi connectivity index (χ2v) is 2.21. The molecule has 4 nitrogen and oxygen atoms in total. The van der Waals surface area contributed by atoms with E-state index in [0.29, 0.717) is 12.5 Å². The number of rotatable bonds is 2. The molecular formula is C7H9N3O. The van der Waals surface area contributed by atoms with Gasteiger partial charge in [0, 0.05) is 18.5 Å². The fraction of sp³-hybridized carbons (Fsp3) is 0.286. The molecule has 0 radical (unpaired) electrons. The highest BCUT2D eigenvalue weighted by atomic mass is 16.5. The van der Waals surface area contributed by atoms with Gasteiger partial charge < -0.3 is 9.72 Å². The van der Waals surface area contributed by atoms with Crippen molar-refractivity contribution in [2.75, 3.05) is 6.61 Å². The monoisotopic (exact) mass is 151 g/mol. The van der Waals surface area contributed by atoms with E-state index in [-0.39, 0.29) is 0 Å². The van der Waals surface area contributed by atoms with Gasteiger partial charge in [0.05, 0.1) is 6.61 Å². The second-order valence-electron chi connectivity index (χ2n) is 2.21. The van der Waals surface area contributed by atoms with Crippen LogP contribution in [0.1, 0.15) is 6.92 Å². The van der Waals surface area contributed by atoms with Crippen LogP contribution in [-0.4, -0.2) is 21.2 Å². The number of hydrogen-bond donors (Lipinski definition) is 1. The summed E-state index contributed by atoms with van der Waals surface area (Å²) in [4.78, 5) is 3.02. The van der Waals surface area contributed by atoms with Crippen LogP contribution in [0.15, 0.2) is 18.5 Å². The molecule has 0 fully saturated rings. The highest BCUT2D eigenvalue weighted by Crippen LogP contribution is 2.10. The summed E-state index contributed by atoms with van der Waals surface area (Å²) in [5.74, 6) is 0.666. The number of nitrogens with one attached hydrogen (secondary N) is 1. The van der Waals surface area contributed by atoms with Crippen molar-refractivity contribution in [1.82, 2.24) is 14.6 Å². The molecule has 4 heteroatoms. The maximum atomic E-state index is 5.20. The molecule has 0 unspecified atom stereocenters. The number of H-pyrrole nitrogens is 1. The molecule has 0 amide bonds. The Morgan fingerprint density at radius 2 is 2.64 bits per heavy atom. The van der Waals surface area contributed by atoms with Gasteiger partial charge in [-0.3, -0.25) is 0 Å². The van der Waals surface area contributed by atoms with Crippen LogP contribution in [0.5, 0.6) is 5.88 Å². The maximum Gasteiger partial charge on any atom is 0.235 e. The van der Waals surface area contributed by atoms with Crippen molar-refractivity contribution in [2.24, 2.45) is 0 Å². The van der Waals surface area contributed by atoms with E-state index in [4.69, 9.17) is 4.74 Å². The first-order chi connectivity index (χ1) is 5.40. The van der Waals surface area contributed by atoms with Crippen molar-refractivity contribution in [3.8, 4) is 5.88 Å².